The molecule has 0 bridgehead atoms. The van der Waals surface area contributed by atoms with Crippen LogP contribution in [0.1, 0.15) is 57.6 Å². The molecule has 0 saturated heterocycles. The molecule has 0 aromatic heterocycles. The molecule has 0 spiro atoms. The Bertz CT molecular complexity index is 1140. The van der Waals surface area contributed by atoms with Crippen molar-refractivity contribution in [2.45, 2.75) is 71.9 Å². The molecule has 9 heteroatoms. The lowest BCUT2D eigenvalue weighted by Gasteiger charge is -2.32. The van der Waals surface area contributed by atoms with Crippen LogP contribution in [0.25, 0.3) is 0 Å². The van der Waals surface area contributed by atoms with Gasteiger partial charge in [-0.1, -0.05) is 61.8 Å². The van der Waals surface area contributed by atoms with E-state index in [-0.39, 0.29) is 30.8 Å². The third-order valence-electron chi connectivity index (χ3n) is 6.53. The molecular formula is C28H40ClN3O4S. The molecule has 0 radical (unpaired) electrons. The fraction of sp³-hybridized carbons (Fsp3) is 0.500. The minimum Gasteiger partial charge on any atom is -0.352 e. The standard InChI is InChI=1S/C28H40ClN3O4S/c1-6-21(3)30-28(34)25(7-2)31(20-18-23-13-9-8-10-14-23)27(33)17-12-19-32(37(5,35)36)26-16-11-15-24(29)22(26)4/h8-11,13-16,21,25H,6-7,12,17-20H2,1-5H3,(H,30,34)/t21-,25-/m0/s1. The average molecular weight is 550 g/mol. The molecule has 1 N–H and O–H groups in total. The van der Waals surface area contributed by atoms with Crippen molar-refractivity contribution in [2.24, 2.45) is 0 Å². The molecular weight excluding hydrogens is 510 g/mol. The van der Waals surface area contributed by atoms with E-state index < -0.39 is 16.1 Å². The van der Waals surface area contributed by atoms with Crippen molar-refractivity contribution in [2.75, 3.05) is 23.7 Å². The maximum Gasteiger partial charge on any atom is 0.243 e. The smallest absolute Gasteiger partial charge is 0.243 e. The lowest BCUT2D eigenvalue weighted by atomic mass is 10.1. The zero-order valence-corrected chi connectivity index (χ0v) is 24.1. The summed E-state index contributed by atoms with van der Waals surface area (Å²) >= 11 is 6.23. The summed E-state index contributed by atoms with van der Waals surface area (Å²) in [6.45, 7) is 8.15. The van der Waals surface area contributed by atoms with Crippen LogP contribution in [0, 0.1) is 6.92 Å². The van der Waals surface area contributed by atoms with Gasteiger partial charge in [0.2, 0.25) is 21.8 Å². The molecule has 204 valence electrons. The topological polar surface area (TPSA) is 86.8 Å². The highest BCUT2D eigenvalue weighted by Crippen LogP contribution is 2.28. The van der Waals surface area contributed by atoms with E-state index in [1.54, 1.807) is 30.0 Å². The third-order valence-corrected chi connectivity index (χ3v) is 8.12. The fourth-order valence-electron chi connectivity index (χ4n) is 4.19. The van der Waals surface area contributed by atoms with Crippen molar-refractivity contribution in [1.29, 1.82) is 0 Å². The number of carbonyl (C=O) groups excluding carboxylic acids is 2. The van der Waals surface area contributed by atoms with Crippen LogP contribution in [0.3, 0.4) is 0 Å². The summed E-state index contributed by atoms with van der Waals surface area (Å²) in [6, 6.07) is 14.4. The molecule has 0 aliphatic carbocycles. The summed E-state index contributed by atoms with van der Waals surface area (Å²) < 4.78 is 26.4. The molecule has 37 heavy (non-hydrogen) atoms. The number of sulfonamides is 1. The number of hydrogen-bond acceptors (Lipinski definition) is 4. The van der Waals surface area contributed by atoms with Gasteiger partial charge in [0.25, 0.3) is 0 Å². The predicted octanol–water partition coefficient (Wildman–Crippen LogP) is 4.96. The Morgan fingerprint density at radius 3 is 2.27 bits per heavy atom. The van der Waals surface area contributed by atoms with Crippen LogP contribution in [-0.2, 0) is 26.0 Å². The number of anilines is 1. The summed E-state index contributed by atoms with van der Waals surface area (Å²) in [5.41, 5.74) is 2.25. The molecule has 2 amide bonds. The summed E-state index contributed by atoms with van der Waals surface area (Å²) in [4.78, 5) is 28.2. The van der Waals surface area contributed by atoms with Gasteiger partial charge in [-0.05, 0) is 62.8 Å². The second-order valence-electron chi connectivity index (χ2n) is 9.39. The van der Waals surface area contributed by atoms with E-state index in [2.05, 4.69) is 5.32 Å². The van der Waals surface area contributed by atoms with Crippen LogP contribution in [-0.4, -0.2) is 56.6 Å². The van der Waals surface area contributed by atoms with E-state index in [1.807, 2.05) is 51.1 Å². The zero-order chi connectivity index (χ0) is 27.6. The molecule has 0 saturated carbocycles. The van der Waals surface area contributed by atoms with Crippen LogP contribution in [0.5, 0.6) is 0 Å². The molecule has 2 rings (SSSR count). The molecule has 2 aromatic rings. The molecule has 0 unspecified atom stereocenters. The zero-order valence-electron chi connectivity index (χ0n) is 22.5. The first-order valence-electron chi connectivity index (χ1n) is 12.9. The van der Waals surface area contributed by atoms with Gasteiger partial charge in [-0.2, -0.15) is 0 Å². The van der Waals surface area contributed by atoms with E-state index in [9.17, 15) is 18.0 Å². The van der Waals surface area contributed by atoms with Crippen molar-refractivity contribution in [3.05, 3.63) is 64.7 Å². The Hall–Kier alpha value is -2.58. The molecule has 7 nitrogen and oxygen atoms in total. The van der Waals surface area contributed by atoms with E-state index in [1.165, 1.54) is 4.31 Å². The Morgan fingerprint density at radius 2 is 1.68 bits per heavy atom. The van der Waals surface area contributed by atoms with Crippen LogP contribution in [0.2, 0.25) is 5.02 Å². The average Bonchev–Trinajstić information content (AvgIpc) is 2.86. The first kappa shape index (κ1) is 30.6. The first-order valence-corrected chi connectivity index (χ1v) is 15.1. The van der Waals surface area contributed by atoms with Gasteiger partial charge in [-0.15, -0.1) is 0 Å². The molecule has 0 fully saturated rings. The maximum atomic E-state index is 13.5. The van der Waals surface area contributed by atoms with Crippen molar-refractivity contribution in [3.63, 3.8) is 0 Å². The van der Waals surface area contributed by atoms with Crippen molar-refractivity contribution in [3.8, 4) is 0 Å². The largest absolute Gasteiger partial charge is 0.352 e. The van der Waals surface area contributed by atoms with Crippen molar-refractivity contribution >= 4 is 39.1 Å². The predicted molar refractivity (Wildman–Crippen MR) is 151 cm³/mol. The number of nitrogens with one attached hydrogen (secondary N) is 1. The minimum atomic E-state index is -3.59. The van der Waals surface area contributed by atoms with Gasteiger partial charge in [-0.3, -0.25) is 13.9 Å². The number of hydrogen-bond donors (Lipinski definition) is 1. The SMILES string of the molecule is CC[C@H](C)NC(=O)[C@H](CC)N(CCc1ccccc1)C(=O)CCCN(c1cccc(Cl)c1C)S(C)(=O)=O. The van der Waals surface area contributed by atoms with Gasteiger partial charge in [0.1, 0.15) is 6.04 Å². The number of carbonyl (C=O) groups is 2. The highest BCUT2D eigenvalue weighted by atomic mass is 35.5. The highest BCUT2D eigenvalue weighted by Gasteiger charge is 2.29. The Balaban J connectivity index is 2.20. The highest BCUT2D eigenvalue weighted by molar-refractivity contribution is 7.92. The molecule has 0 aliphatic rings. The Labute approximate surface area is 227 Å². The number of halogens is 1. The minimum absolute atomic E-state index is 0.0110. The normalized spacial score (nSPS) is 13.0. The van der Waals surface area contributed by atoms with Gasteiger partial charge in [-0.25, -0.2) is 8.42 Å². The number of rotatable bonds is 14. The van der Waals surface area contributed by atoms with Crippen LogP contribution >= 0.6 is 11.6 Å². The van der Waals surface area contributed by atoms with Crippen LogP contribution in [0.4, 0.5) is 5.69 Å². The van der Waals surface area contributed by atoms with E-state index >= 15 is 0 Å². The van der Waals surface area contributed by atoms with Gasteiger partial charge >= 0.3 is 0 Å². The molecule has 2 atom stereocenters. The summed E-state index contributed by atoms with van der Waals surface area (Å²) in [6.07, 6.45) is 3.48. The molecule has 0 heterocycles. The number of benzene rings is 2. The molecule has 2 aromatic carbocycles. The maximum absolute atomic E-state index is 13.5. The van der Waals surface area contributed by atoms with E-state index in [0.717, 1.165) is 18.2 Å². The van der Waals surface area contributed by atoms with Gasteiger partial charge in [0.15, 0.2) is 0 Å². The first-order chi connectivity index (χ1) is 17.5. The number of amides is 2. The Kier molecular flexibility index (Phi) is 11.9. The fourth-order valence-corrected chi connectivity index (χ4v) is 5.37. The summed E-state index contributed by atoms with van der Waals surface area (Å²) in [5, 5.41) is 3.49. The quantitative estimate of drug-likeness (QED) is 0.361. The third kappa shape index (κ3) is 9.04. The number of nitrogens with zero attached hydrogens (tertiary/aromatic N) is 2. The monoisotopic (exact) mass is 549 g/mol. The van der Waals surface area contributed by atoms with E-state index in [4.69, 9.17) is 11.6 Å². The van der Waals surface area contributed by atoms with Crippen LogP contribution < -0.4 is 9.62 Å². The summed E-state index contributed by atoms with van der Waals surface area (Å²) in [5.74, 6) is -0.330. The lowest BCUT2D eigenvalue weighted by molar-refractivity contribution is -0.141. The van der Waals surface area contributed by atoms with Crippen LogP contribution in [0.15, 0.2) is 48.5 Å². The lowest BCUT2D eigenvalue weighted by Crippen LogP contribution is -2.51. The second kappa shape index (κ2) is 14.4. The van der Waals surface area contributed by atoms with Crippen molar-refractivity contribution < 1.29 is 18.0 Å². The van der Waals surface area contributed by atoms with Gasteiger partial charge in [0, 0.05) is 30.6 Å². The Morgan fingerprint density at radius 1 is 1.00 bits per heavy atom. The van der Waals surface area contributed by atoms with Crippen molar-refractivity contribution in [1.82, 2.24) is 10.2 Å². The molecule has 0 aliphatic heterocycles. The van der Waals surface area contributed by atoms with Gasteiger partial charge < -0.3 is 10.2 Å². The second-order valence-corrected chi connectivity index (χ2v) is 11.7. The van der Waals surface area contributed by atoms with Gasteiger partial charge in [0.05, 0.1) is 11.9 Å². The summed E-state index contributed by atoms with van der Waals surface area (Å²) in [7, 11) is -3.59. The van der Waals surface area contributed by atoms with E-state index in [0.29, 0.717) is 42.1 Å².